The highest BCUT2D eigenvalue weighted by atomic mass is 16.1. The largest absolute Gasteiger partial charge is 0.316 e. The molecule has 1 unspecified atom stereocenters. The van der Waals surface area contributed by atoms with Gasteiger partial charge in [-0.1, -0.05) is 12.7 Å². The van der Waals surface area contributed by atoms with E-state index in [-0.39, 0.29) is 11.8 Å². The van der Waals surface area contributed by atoms with Crippen LogP contribution in [0.1, 0.15) is 12.8 Å². The molecule has 0 heterocycles. The van der Waals surface area contributed by atoms with Gasteiger partial charge in [0.2, 0.25) is 0 Å². The molecule has 0 fully saturated rings. The van der Waals surface area contributed by atoms with Crippen molar-refractivity contribution in [3.63, 3.8) is 0 Å². The van der Waals surface area contributed by atoms with Crippen LogP contribution in [0.4, 0.5) is 0 Å². The summed E-state index contributed by atoms with van der Waals surface area (Å²) in [6.07, 6.45) is 4.48. The second-order valence-corrected chi connectivity index (χ2v) is 2.38. The molecule has 2 heteroatoms. The van der Waals surface area contributed by atoms with Crippen molar-refractivity contribution in [1.29, 1.82) is 0 Å². The number of rotatable bonds is 6. The van der Waals surface area contributed by atoms with Crippen LogP contribution < -0.4 is 5.32 Å². The third-order valence-corrected chi connectivity index (χ3v) is 1.53. The average Bonchev–Trinajstić information content (AvgIpc) is 2.03. The zero-order valence-corrected chi connectivity index (χ0v) is 6.97. The Labute approximate surface area is 68.0 Å². The highest BCUT2D eigenvalue weighted by molar-refractivity contribution is 5.89. The molecule has 0 spiro atoms. The molecular formula is C9H15NO. The first-order chi connectivity index (χ1) is 5.24. The number of carbonyl (C=O) groups excluding carboxylic acids is 1. The number of allylic oxidation sites excluding steroid dienone is 1. The molecule has 0 bridgehead atoms. The number of carbonyl (C=O) groups is 1. The molecule has 0 aliphatic carbocycles. The summed E-state index contributed by atoms with van der Waals surface area (Å²) in [4.78, 5) is 10.9. The fourth-order valence-electron chi connectivity index (χ4n) is 0.831. The molecule has 0 aliphatic heterocycles. The lowest BCUT2D eigenvalue weighted by Gasteiger charge is -2.10. The Kier molecular flexibility index (Phi) is 5.39. The van der Waals surface area contributed by atoms with Crippen LogP contribution in [-0.2, 0) is 4.79 Å². The predicted molar refractivity (Wildman–Crippen MR) is 47.5 cm³/mol. The first-order valence-electron chi connectivity index (χ1n) is 3.68. The molecule has 62 valence electrons. The average molecular weight is 153 g/mol. The van der Waals surface area contributed by atoms with Gasteiger partial charge in [0.15, 0.2) is 5.78 Å². The second-order valence-electron chi connectivity index (χ2n) is 2.38. The van der Waals surface area contributed by atoms with E-state index in [4.69, 9.17) is 0 Å². The van der Waals surface area contributed by atoms with Gasteiger partial charge in [-0.15, -0.1) is 6.58 Å². The minimum Gasteiger partial charge on any atom is -0.316 e. The lowest BCUT2D eigenvalue weighted by Crippen LogP contribution is -2.26. The Morgan fingerprint density at radius 2 is 2.27 bits per heavy atom. The topological polar surface area (TPSA) is 29.1 Å². The summed E-state index contributed by atoms with van der Waals surface area (Å²) in [6.45, 7) is 7.01. The molecular weight excluding hydrogens is 138 g/mol. The van der Waals surface area contributed by atoms with Crippen LogP contribution in [0.15, 0.2) is 25.3 Å². The van der Waals surface area contributed by atoms with E-state index in [2.05, 4.69) is 18.5 Å². The number of nitrogens with one attached hydrogen (secondary N) is 1. The molecule has 1 atom stereocenters. The molecule has 0 aliphatic rings. The van der Waals surface area contributed by atoms with E-state index in [9.17, 15) is 4.79 Å². The summed E-state index contributed by atoms with van der Waals surface area (Å²) in [5, 5.41) is 3.03. The number of hydrogen-bond acceptors (Lipinski definition) is 2. The summed E-state index contributed by atoms with van der Waals surface area (Å²) in [5.74, 6) is 0.0752. The van der Waals surface area contributed by atoms with Gasteiger partial charge in [-0.25, -0.2) is 0 Å². The third-order valence-electron chi connectivity index (χ3n) is 1.53. The Bertz CT molecular complexity index is 152. The van der Waals surface area contributed by atoms with Crippen LogP contribution in [0.5, 0.6) is 0 Å². The maximum absolute atomic E-state index is 10.9. The normalized spacial score (nSPS) is 12.1. The minimum atomic E-state index is 0.0752. The van der Waals surface area contributed by atoms with Gasteiger partial charge < -0.3 is 5.32 Å². The number of ketones is 1. The van der Waals surface area contributed by atoms with Gasteiger partial charge >= 0.3 is 0 Å². The molecule has 0 amide bonds. The van der Waals surface area contributed by atoms with Gasteiger partial charge in [-0.3, -0.25) is 4.79 Å². The lowest BCUT2D eigenvalue weighted by molar-refractivity contribution is -0.115. The smallest absolute Gasteiger partial charge is 0.156 e. The van der Waals surface area contributed by atoms with Crippen molar-refractivity contribution >= 4 is 5.78 Å². The molecule has 0 rings (SSSR count). The summed E-state index contributed by atoms with van der Waals surface area (Å²) in [6, 6.07) is 0.206. The van der Waals surface area contributed by atoms with Crippen molar-refractivity contribution in [2.75, 3.05) is 7.05 Å². The van der Waals surface area contributed by atoms with E-state index in [1.165, 1.54) is 6.08 Å². The van der Waals surface area contributed by atoms with E-state index < -0.39 is 0 Å². The molecule has 0 aromatic carbocycles. The summed E-state index contributed by atoms with van der Waals surface area (Å²) in [5.41, 5.74) is 0. The van der Waals surface area contributed by atoms with E-state index in [0.717, 1.165) is 6.42 Å². The SMILES string of the molecule is C=CCC(CC(=O)C=C)NC. The summed E-state index contributed by atoms with van der Waals surface area (Å²) >= 11 is 0. The van der Waals surface area contributed by atoms with Crippen molar-refractivity contribution in [3.05, 3.63) is 25.3 Å². The van der Waals surface area contributed by atoms with Gasteiger partial charge in [0.1, 0.15) is 0 Å². The van der Waals surface area contributed by atoms with E-state index >= 15 is 0 Å². The molecule has 0 radical (unpaired) electrons. The van der Waals surface area contributed by atoms with Crippen LogP contribution in [-0.4, -0.2) is 18.9 Å². The van der Waals surface area contributed by atoms with Crippen LogP contribution in [0.2, 0.25) is 0 Å². The molecule has 1 N–H and O–H groups in total. The summed E-state index contributed by atoms with van der Waals surface area (Å²) in [7, 11) is 1.84. The highest BCUT2D eigenvalue weighted by Crippen LogP contribution is 1.99. The van der Waals surface area contributed by atoms with Crippen molar-refractivity contribution < 1.29 is 4.79 Å². The van der Waals surface area contributed by atoms with Crippen LogP contribution >= 0.6 is 0 Å². The van der Waals surface area contributed by atoms with Crippen LogP contribution in [0.3, 0.4) is 0 Å². The van der Waals surface area contributed by atoms with Crippen LogP contribution in [0.25, 0.3) is 0 Å². The van der Waals surface area contributed by atoms with Gasteiger partial charge in [0.25, 0.3) is 0 Å². The van der Waals surface area contributed by atoms with E-state index in [0.29, 0.717) is 6.42 Å². The molecule has 0 saturated carbocycles. The Morgan fingerprint density at radius 3 is 2.64 bits per heavy atom. The Morgan fingerprint density at radius 1 is 1.64 bits per heavy atom. The van der Waals surface area contributed by atoms with Crippen molar-refractivity contribution in [3.8, 4) is 0 Å². The number of hydrogen-bond donors (Lipinski definition) is 1. The standard InChI is InChI=1S/C9H15NO/c1-4-6-8(10-3)7-9(11)5-2/h4-5,8,10H,1-2,6-7H2,3H3. The maximum atomic E-state index is 10.9. The molecule has 0 aromatic rings. The fourth-order valence-corrected chi connectivity index (χ4v) is 0.831. The molecule has 0 saturated heterocycles. The fraction of sp³-hybridized carbons (Fsp3) is 0.444. The van der Waals surface area contributed by atoms with E-state index in [1.807, 2.05) is 7.05 Å². The second kappa shape index (κ2) is 5.86. The van der Waals surface area contributed by atoms with Gasteiger partial charge in [0, 0.05) is 12.5 Å². The van der Waals surface area contributed by atoms with Gasteiger partial charge in [0.05, 0.1) is 0 Å². The first kappa shape index (κ1) is 10.1. The molecule has 2 nitrogen and oxygen atoms in total. The summed E-state index contributed by atoms with van der Waals surface area (Å²) < 4.78 is 0. The Hall–Kier alpha value is -0.890. The quantitative estimate of drug-likeness (QED) is 0.460. The predicted octanol–water partition coefficient (Wildman–Crippen LogP) is 1.30. The van der Waals surface area contributed by atoms with Crippen molar-refractivity contribution in [2.45, 2.75) is 18.9 Å². The lowest BCUT2D eigenvalue weighted by atomic mass is 10.1. The van der Waals surface area contributed by atoms with E-state index in [1.54, 1.807) is 6.08 Å². The highest BCUT2D eigenvalue weighted by Gasteiger charge is 2.06. The Balaban J connectivity index is 3.75. The third kappa shape index (κ3) is 4.51. The molecule has 0 aromatic heterocycles. The minimum absolute atomic E-state index is 0.0752. The van der Waals surface area contributed by atoms with Gasteiger partial charge in [-0.05, 0) is 19.5 Å². The van der Waals surface area contributed by atoms with Crippen molar-refractivity contribution in [2.24, 2.45) is 0 Å². The molecule has 11 heavy (non-hydrogen) atoms. The van der Waals surface area contributed by atoms with Gasteiger partial charge in [-0.2, -0.15) is 0 Å². The van der Waals surface area contributed by atoms with Crippen molar-refractivity contribution in [1.82, 2.24) is 5.32 Å². The zero-order chi connectivity index (χ0) is 8.69. The maximum Gasteiger partial charge on any atom is 0.156 e. The monoisotopic (exact) mass is 153 g/mol. The van der Waals surface area contributed by atoms with Crippen LogP contribution in [0, 0.1) is 0 Å². The zero-order valence-electron chi connectivity index (χ0n) is 6.97. The first-order valence-corrected chi connectivity index (χ1v) is 3.68.